The van der Waals surface area contributed by atoms with Crippen LogP contribution in [-0.4, -0.2) is 67.8 Å². The summed E-state index contributed by atoms with van der Waals surface area (Å²) in [4.78, 5) is 26.9. The van der Waals surface area contributed by atoms with E-state index in [2.05, 4.69) is 11.7 Å². The third-order valence-corrected chi connectivity index (χ3v) is 4.40. The lowest BCUT2D eigenvalue weighted by molar-refractivity contribution is -0.140. The number of carbonyl (C=O) groups is 2. The second-order valence-corrected chi connectivity index (χ2v) is 6.04. The summed E-state index contributed by atoms with van der Waals surface area (Å²) in [6.45, 7) is 4.56. The van der Waals surface area contributed by atoms with Crippen molar-refractivity contribution in [3.05, 3.63) is 0 Å². The summed E-state index contributed by atoms with van der Waals surface area (Å²) >= 11 is 0. The summed E-state index contributed by atoms with van der Waals surface area (Å²) in [5, 5.41) is 0. The SMILES string of the molecule is COC(=O)N1CCN(C(=O)CO[C@H]2CCC[C@@H](C)C2)CC1. The molecular weight excluding hydrogens is 272 g/mol. The first-order valence-corrected chi connectivity index (χ1v) is 7.82. The van der Waals surface area contributed by atoms with E-state index in [-0.39, 0.29) is 24.7 Å². The van der Waals surface area contributed by atoms with E-state index in [0.29, 0.717) is 32.1 Å². The quantitative estimate of drug-likeness (QED) is 0.792. The molecule has 0 N–H and O–H groups in total. The van der Waals surface area contributed by atoms with E-state index in [1.807, 2.05) is 0 Å². The Bertz CT molecular complexity index is 367. The molecule has 0 aromatic carbocycles. The van der Waals surface area contributed by atoms with Crippen molar-refractivity contribution in [3.8, 4) is 0 Å². The van der Waals surface area contributed by atoms with E-state index in [1.54, 1.807) is 9.80 Å². The summed E-state index contributed by atoms with van der Waals surface area (Å²) < 4.78 is 10.4. The molecule has 21 heavy (non-hydrogen) atoms. The van der Waals surface area contributed by atoms with Gasteiger partial charge in [0.1, 0.15) is 6.61 Å². The van der Waals surface area contributed by atoms with Crippen molar-refractivity contribution in [3.63, 3.8) is 0 Å². The number of piperazine rings is 1. The van der Waals surface area contributed by atoms with E-state index < -0.39 is 0 Å². The third-order valence-electron chi connectivity index (χ3n) is 4.40. The summed E-state index contributed by atoms with van der Waals surface area (Å²) in [6, 6.07) is 0. The normalized spacial score (nSPS) is 26.6. The highest BCUT2D eigenvalue weighted by Gasteiger charge is 2.26. The van der Waals surface area contributed by atoms with Gasteiger partial charge in [-0.3, -0.25) is 4.79 Å². The molecule has 2 aliphatic rings. The van der Waals surface area contributed by atoms with Crippen molar-refractivity contribution in [2.75, 3.05) is 39.9 Å². The molecule has 120 valence electrons. The Kier molecular flexibility index (Phi) is 5.85. The Hall–Kier alpha value is -1.30. The van der Waals surface area contributed by atoms with Crippen LogP contribution in [0.15, 0.2) is 0 Å². The van der Waals surface area contributed by atoms with Gasteiger partial charge < -0.3 is 19.3 Å². The minimum Gasteiger partial charge on any atom is -0.453 e. The molecule has 2 amide bonds. The van der Waals surface area contributed by atoms with Crippen LogP contribution in [-0.2, 0) is 14.3 Å². The van der Waals surface area contributed by atoms with E-state index in [0.717, 1.165) is 12.8 Å². The van der Waals surface area contributed by atoms with Crippen molar-refractivity contribution in [1.82, 2.24) is 9.80 Å². The molecule has 2 rings (SSSR count). The van der Waals surface area contributed by atoms with Crippen molar-refractivity contribution in [1.29, 1.82) is 0 Å². The highest BCUT2D eigenvalue weighted by molar-refractivity contribution is 5.78. The van der Waals surface area contributed by atoms with Crippen molar-refractivity contribution < 1.29 is 19.1 Å². The van der Waals surface area contributed by atoms with Crippen LogP contribution in [0.4, 0.5) is 4.79 Å². The minimum atomic E-state index is -0.324. The maximum absolute atomic E-state index is 12.1. The molecular formula is C15H26N2O4. The van der Waals surface area contributed by atoms with Crippen LogP contribution in [0.25, 0.3) is 0 Å². The number of hydrogen-bond acceptors (Lipinski definition) is 4. The molecule has 0 unspecified atom stereocenters. The lowest BCUT2D eigenvalue weighted by Gasteiger charge is -2.34. The van der Waals surface area contributed by atoms with Crippen LogP contribution < -0.4 is 0 Å². The number of amides is 2. The molecule has 6 nitrogen and oxygen atoms in total. The fraction of sp³-hybridized carbons (Fsp3) is 0.867. The smallest absolute Gasteiger partial charge is 0.409 e. The third kappa shape index (κ3) is 4.59. The molecule has 0 bridgehead atoms. The zero-order chi connectivity index (χ0) is 15.2. The van der Waals surface area contributed by atoms with Gasteiger partial charge in [-0.25, -0.2) is 4.79 Å². The highest BCUT2D eigenvalue weighted by atomic mass is 16.5. The second kappa shape index (κ2) is 7.64. The average Bonchev–Trinajstić information content (AvgIpc) is 2.52. The molecule has 1 heterocycles. The molecule has 2 fully saturated rings. The molecule has 1 saturated carbocycles. The fourth-order valence-corrected chi connectivity index (χ4v) is 3.08. The molecule has 0 aromatic rings. The van der Waals surface area contributed by atoms with Gasteiger partial charge in [0.2, 0.25) is 5.91 Å². The predicted octanol–water partition coefficient (Wildman–Crippen LogP) is 1.49. The van der Waals surface area contributed by atoms with Crippen LogP contribution in [0, 0.1) is 5.92 Å². The number of rotatable bonds is 3. The maximum Gasteiger partial charge on any atom is 0.409 e. The van der Waals surface area contributed by atoms with Crippen LogP contribution in [0.3, 0.4) is 0 Å². The summed E-state index contributed by atoms with van der Waals surface area (Å²) in [5.41, 5.74) is 0. The summed E-state index contributed by atoms with van der Waals surface area (Å²) in [6.07, 6.45) is 4.49. The highest BCUT2D eigenvalue weighted by Crippen LogP contribution is 2.25. The van der Waals surface area contributed by atoms with Crippen LogP contribution in [0.5, 0.6) is 0 Å². The Balaban J connectivity index is 1.68. The Morgan fingerprint density at radius 1 is 1.10 bits per heavy atom. The molecule has 6 heteroatoms. The minimum absolute atomic E-state index is 0.0257. The number of nitrogens with zero attached hydrogens (tertiary/aromatic N) is 2. The first-order valence-electron chi connectivity index (χ1n) is 7.82. The van der Waals surface area contributed by atoms with E-state index >= 15 is 0 Å². The molecule has 2 atom stereocenters. The monoisotopic (exact) mass is 298 g/mol. The molecule has 1 aliphatic heterocycles. The first kappa shape index (κ1) is 16.1. The molecule has 0 radical (unpaired) electrons. The van der Waals surface area contributed by atoms with Gasteiger partial charge in [-0.05, 0) is 18.8 Å². The Morgan fingerprint density at radius 3 is 2.38 bits per heavy atom. The first-order chi connectivity index (χ1) is 10.1. The van der Waals surface area contributed by atoms with Crippen molar-refractivity contribution in [2.45, 2.75) is 38.7 Å². The van der Waals surface area contributed by atoms with E-state index in [9.17, 15) is 9.59 Å². The fourth-order valence-electron chi connectivity index (χ4n) is 3.08. The van der Waals surface area contributed by atoms with Crippen LogP contribution in [0.1, 0.15) is 32.6 Å². The number of ether oxygens (including phenoxy) is 2. The van der Waals surface area contributed by atoms with Gasteiger partial charge in [0.25, 0.3) is 0 Å². The lowest BCUT2D eigenvalue weighted by atomic mass is 9.89. The summed E-state index contributed by atoms with van der Waals surface area (Å²) in [7, 11) is 1.37. The van der Waals surface area contributed by atoms with Gasteiger partial charge in [0.15, 0.2) is 0 Å². The van der Waals surface area contributed by atoms with Gasteiger partial charge in [0, 0.05) is 26.2 Å². The molecule has 0 aromatic heterocycles. The van der Waals surface area contributed by atoms with E-state index in [4.69, 9.17) is 4.74 Å². The lowest BCUT2D eigenvalue weighted by Crippen LogP contribution is -2.51. The number of methoxy groups -OCH3 is 1. The van der Waals surface area contributed by atoms with E-state index in [1.165, 1.54) is 20.0 Å². The maximum atomic E-state index is 12.1. The van der Waals surface area contributed by atoms with Gasteiger partial charge in [0.05, 0.1) is 13.2 Å². The predicted molar refractivity (Wildman–Crippen MR) is 77.9 cm³/mol. The summed E-state index contributed by atoms with van der Waals surface area (Å²) in [5.74, 6) is 0.722. The second-order valence-electron chi connectivity index (χ2n) is 6.04. The van der Waals surface area contributed by atoms with Gasteiger partial charge in [-0.15, -0.1) is 0 Å². The molecule has 1 saturated heterocycles. The van der Waals surface area contributed by atoms with Crippen molar-refractivity contribution in [2.24, 2.45) is 5.92 Å². The number of hydrogen-bond donors (Lipinski definition) is 0. The topological polar surface area (TPSA) is 59.1 Å². The van der Waals surface area contributed by atoms with Gasteiger partial charge in [-0.1, -0.05) is 19.8 Å². The Morgan fingerprint density at radius 2 is 1.76 bits per heavy atom. The zero-order valence-corrected chi connectivity index (χ0v) is 13.0. The zero-order valence-electron chi connectivity index (χ0n) is 13.0. The van der Waals surface area contributed by atoms with Gasteiger partial charge >= 0.3 is 6.09 Å². The van der Waals surface area contributed by atoms with Crippen LogP contribution in [0.2, 0.25) is 0 Å². The largest absolute Gasteiger partial charge is 0.453 e. The van der Waals surface area contributed by atoms with Gasteiger partial charge in [-0.2, -0.15) is 0 Å². The number of carbonyl (C=O) groups excluding carboxylic acids is 2. The average molecular weight is 298 g/mol. The Labute approximate surface area is 126 Å². The molecule has 0 spiro atoms. The molecule has 1 aliphatic carbocycles. The van der Waals surface area contributed by atoms with Crippen molar-refractivity contribution >= 4 is 12.0 Å². The standard InChI is InChI=1S/C15H26N2O4/c1-12-4-3-5-13(10-12)21-11-14(18)16-6-8-17(9-7-16)15(19)20-2/h12-13H,3-11H2,1-2H3/t12-,13+/m1/s1. The van der Waals surface area contributed by atoms with Crippen LogP contribution >= 0.6 is 0 Å².